The zero-order valence-corrected chi connectivity index (χ0v) is 11.5. The first-order valence-electron chi connectivity index (χ1n) is 6.16. The van der Waals surface area contributed by atoms with E-state index in [2.05, 4.69) is 22.2 Å². The molecule has 0 fully saturated rings. The van der Waals surface area contributed by atoms with Crippen LogP contribution in [0.15, 0.2) is 36.8 Å². The molecule has 2 aromatic rings. The van der Waals surface area contributed by atoms with Crippen molar-refractivity contribution >= 4 is 11.6 Å². The lowest BCUT2D eigenvalue weighted by Gasteiger charge is -2.08. The van der Waals surface area contributed by atoms with Crippen LogP contribution in [0.4, 0.5) is 0 Å². The normalized spacial score (nSPS) is 10.4. The van der Waals surface area contributed by atoms with Crippen LogP contribution >= 0.6 is 11.6 Å². The Morgan fingerprint density at radius 1 is 1.26 bits per heavy atom. The molecule has 0 spiro atoms. The van der Waals surface area contributed by atoms with Gasteiger partial charge in [0, 0.05) is 24.5 Å². The summed E-state index contributed by atoms with van der Waals surface area (Å²) >= 11 is 6.01. The molecule has 0 amide bonds. The van der Waals surface area contributed by atoms with Crippen LogP contribution in [0.2, 0.25) is 5.02 Å². The van der Waals surface area contributed by atoms with Gasteiger partial charge >= 0.3 is 0 Å². The fourth-order valence-corrected chi connectivity index (χ4v) is 1.71. The second-order valence-electron chi connectivity index (χ2n) is 4.02. The molecule has 19 heavy (non-hydrogen) atoms. The van der Waals surface area contributed by atoms with Crippen molar-refractivity contribution in [2.24, 2.45) is 0 Å². The van der Waals surface area contributed by atoms with Crippen LogP contribution in [0.5, 0.6) is 5.75 Å². The minimum absolute atomic E-state index is 0.412. The largest absolute Gasteiger partial charge is 0.487 e. The average Bonchev–Trinajstić information content (AvgIpc) is 2.45. The first-order chi connectivity index (χ1) is 9.29. The van der Waals surface area contributed by atoms with E-state index in [1.807, 2.05) is 18.2 Å². The van der Waals surface area contributed by atoms with E-state index in [4.69, 9.17) is 16.3 Å². The molecule has 0 aromatic carbocycles. The monoisotopic (exact) mass is 277 g/mol. The number of halogens is 1. The average molecular weight is 278 g/mol. The number of ether oxygens (including phenoxy) is 1. The maximum Gasteiger partial charge on any atom is 0.138 e. The molecule has 1 N–H and O–H groups in total. The van der Waals surface area contributed by atoms with Crippen molar-refractivity contribution in [2.75, 3.05) is 6.54 Å². The van der Waals surface area contributed by atoms with E-state index in [0.29, 0.717) is 11.6 Å². The predicted molar refractivity (Wildman–Crippen MR) is 75.2 cm³/mol. The van der Waals surface area contributed by atoms with Gasteiger partial charge in [-0.2, -0.15) is 0 Å². The molecular weight excluding hydrogens is 262 g/mol. The third-order valence-electron chi connectivity index (χ3n) is 2.60. The zero-order chi connectivity index (χ0) is 13.5. The molecule has 0 atom stereocenters. The van der Waals surface area contributed by atoms with E-state index in [-0.39, 0.29) is 0 Å². The van der Waals surface area contributed by atoms with Crippen molar-refractivity contribution in [3.8, 4) is 5.75 Å². The number of nitrogens with zero attached hydrogens (tertiary/aromatic N) is 2. The number of nitrogens with one attached hydrogen (secondary N) is 1. The SMILES string of the molecule is CCNCc1ccc(OCc2ccncc2Cl)cn1. The highest BCUT2D eigenvalue weighted by atomic mass is 35.5. The number of pyridine rings is 2. The van der Waals surface area contributed by atoms with Gasteiger partial charge in [0.1, 0.15) is 12.4 Å². The summed E-state index contributed by atoms with van der Waals surface area (Å²) in [4.78, 5) is 8.25. The van der Waals surface area contributed by atoms with Crippen molar-refractivity contribution in [1.29, 1.82) is 0 Å². The lowest BCUT2D eigenvalue weighted by atomic mass is 10.3. The molecule has 5 heteroatoms. The van der Waals surface area contributed by atoms with Gasteiger partial charge in [-0.3, -0.25) is 9.97 Å². The van der Waals surface area contributed by atoms with Crippen molar-refractivity contribution in [1.82, 2.24) is 15.3 Å². The smallest absolute Gasteiger partial charge is 0.138 e. The molecule has 0 aliphatic rings. The van der Waals surface area contributed by atoms with Gasteiger partial charge in [0.2, 0.25) is 0 Å². The van der Waals surface area contributed by atoms with Crippen molar-refractivity contribution < 1.29 is 4.74 Å². The predicted octanol–water partition coefficient (Wildman–Crippen LogP) is 2.82. The second-order valence-corrected chi connectivity index (χ2v) is 4.43. The van der Waals surface area contributed by atoms with Crippen molar-refractivity contribution in [3.05, 3.63) is 53.1 Å². The number of aromatic nitrogens is 2. The molecule has 0 saturated carbocycles. The molecule has 0 bridgehead atoms. The van der Waals surface area contributed by atoms with Gasteiger partial charge in [0.15, 0.2) is 0 Å². The van der Waals surface area contributed by atoms with E-state index >= 15 is 0 Å². The first kappa shape index (κ1) is 13.8. The summed E-state index contributed by atoms with van der Waals surface area (Å²) in [5.74, 6) is 0.730. The van der Waals surface area contributed by atoms with Gasteiger partial charge in [-0.15, -0.1) is 0 Å². The lowest BCUT2D eigenvalue weighted by Crippen LogP contribution is -2.12. The summed E-state index contributed by atoms with van der Waals surface area (Å²) in [6.45, 7) is 4.18. The van der Waals surface area contributed by atoms with Gasteiger partial charge < -0.3 is 10.1 Å². The molecule has 2 heterocycles. The van der Waals surface area contributed by atoms with Crippen LogP contribution in [0.3, 0.4) is 0 Å². The summed E-state index contributed by atoms with van der Waals surface area (Å²) in [6.07, 6.45) is 5.03. The Morgan fingerprint density at radius 2 is 2.16 bits per heavy atom. The first-order valence-corrected chi connectivity index (χ1v) is 6.54. The highest BCUT2D eigenvalue weighted by Crippen LogP contribution is 2.17. The van der Waals surface area contributed by atoms with E-state index in [1.54, 1.807) is 18.6 Å². The topological polar surface area (TPSA) is 47.0 Å². The summed E-state index contributed by atoms with van der Waals surface area (Å²) in [5, 5.41) is 3.83. The number of hydrogen-bond donors (Lipinski definition) is 1. The maximum absolute atomic E-state index is 6.01. The van der Waals surface area contributed by atoms with E-state index in [9.17, 15) is 0 Å². The fourth-order valence-electron chi connectivity index (χ4n) is 1.54. The highest BCUT2D eigenvalue weighted by molar-refractivity contribution is 6.31. The summed E-state index contributed by atoms with van der Waals surface area (Å²) in [5.41, 5.74) is 1.91. The van der Waals surface area contributed by atoms with E-state index < -0.39 is 0 Å². The minimum atomic E-state index is 0.412. The second kappa shape index (κ2) is 7.07. The van der Waals surface area contributed by atoms with E-state index in [0.717, 1.165) is 30.1 Å². The minimum Gasteiger partial charge on any atom is -0.487 e. The van der Waals surface area contributed by atoms with E-state index in [1.165, 1.54) is 0 Å². The molecule has 0 unspecified atom stereocenters. The molecule has 4 nitrogen and oxygen atoms in total. The van der Waals surface area contributed by atoms with Crippen LogP contribution in [0.25, 0.3) is 0 Å². The Balaban J connectivity index is 1.91. The quantitative estimate of drug-likeness (QED) is 0.882. The van der Waals surface area contributed by atoms with Gasteiger partial charge in [-0.25, -0.2) is 0 Å². The van der Waals surface area contributed by atoms with Crippen LogP contribution in [-0.2, 0) is 13.2 Å². The molecule has 2 rings (SSSR count). The number of rotatable bonds is 6. The van der Waals surface area contributed by atoms with Crippen LogP contribution < -0.4 is 10.1 Å². The summed E-state index contributed by atoms with van der Waals surface area (Å²) < 4.78 is 5.64. The Bertz CT molecular complexity index is 516. The Labute approximate surface area is 117 Å². The van der Waals surface area contributed by atoms with Crippen LogP contribution in [-0.4, -0.2) is 16.5 Å². The van der Waals surface area contributed by atoms with Gasteiger partial charge in [-0.05, 0) is 24.7 Å². The molecule has 0 radical (unpaired) electrons. The maximum atomic E-state index is 6.01. The zero-order valence-electron chi connectivity index (χ0n) is 10.8. The van der Waals surface area contributed by atoms with Crippen molar-refractivity contribution in [2.45, 2.75) is 20.1 Å². The summed E-state index contributed by atoms with van der Waals surface area (Å²) in [6, 6.07) is 5.70. The highest BCUT2D eigenvalue weighted by Gasteiger charge is 2.01. The van der Waals surface area contributed by atoms with Gasteiger partial charge in [0.05, 0.1) is 16.9 Å². The van der Waals surface area contributed by atoms with Crippen LogP contribution in [0.1, 0.15) is 18.2 Å². The van der Waals surface area contributed by atoms with Crippen molar-refractivity contribution in [3.63, 3.8) is 0 Å². The molecule has 0 aliphatic carbocycles. The molecular formula is C14H16ClN3O. The Kier molecular flexibility index (Phi) is 5.12. The Morgan fingerprint density at radius 3 is 2.84 bits per heavy atom. The molecule has 100 valence electrons. The van der Waals surface area contributed by atoms with Crippen LogP contribution in [0, 0.1) is 0 Å². The Hall–Kier alpha value is -1.65. The fraction of sp³-hybridized carbons (Fsp3) is 0.286. The van der Waals surface area contributed by atoms with Gasteiger partial charge in [0.25, 0.3) is 0 Å². The third-order valence-corrected chi connectivity index (χ3v) is 2.94. The standard InChI is InChI=1S/C14H16ClN3O/c1-2-16-7-12-3-4-13(8-18-12)19-10-11-5-6-17-9-14(11)15/h3-6,8-9,16H,2,7,10H2,1H3. The third kappa shape index (κ3) is 4.19. The molecule has 0 aliphatic heterocycles. The number of hydrogen-bond acceptors (Lipinski definition) is 4. The van der Waals surface area contributed by atoms with Gasteiger partial charge in [-0.1, -0.05) is 18.5 Å². The lowest BCUT2D eigenvalue weighted by molar-refractivity contribution is 0.304. The molecule has 0 saturated heterocycles. The summed E-state index contributed by atoms with van der Waals surface area (Å²) in [7, 11) is 0. The molecule has 2 aromatic heterocycles.